The summed E-state index contributed by atoms with van der Waals surface area (Å²) in [5, 5.41) is 18.0. The molecule has 8 nitrogen and oxygen atoms in total. The van der Waals surface area contributed by atoms with Crippen LogP contribution >= 0.6 is 0 Å². The molecule has 1 aliphatic rings. The SMILES string of the molecule is NC1CCC(CCc2ccc(C(F)(F)F)c(S(N)(=O)=O)c2-c2nn[nH]n2)CC1. The smallest absolute Gasteiger partial charge is 0.328 e. The number of hydrogen-bond donors (Lipinski definition) is 3. The Balaban J connectivity index is 2.05. The summed E-state index contributed by atoms with van der Waals surface area (Å²) in [5.74, 6) is 0.133. The van der Waals surface area contributed by atoms with Gasteiger partial charge < -0.3 is 5.73 Å². The highest BCUT2D eigenvalue weighted by Gasteiger charge is 2.39. The van der Waals surface area contributed by atoms with Gasteiger partial charge in [-0.25, -0.2) is 13.6 Å². The van der Waals surface area contributed by atoms with Crippen molar-refractivity contribution in [1.82, 2.24) is 20.6 Å². The highest BCUT2D eigenvalue weighted by Crippen LogP contribution is 2.40. The van der Waals surface area contributed by atoms with Gasteiger partial charge in [0.1, 0.15) is 4.90 Å². The van der Waals surface area contributed by atoms with E-state index in [-0.39, 0.29) is 17.4 Å². The van der Waals surface area contributed by atoms with Crippen LogP contribution < -0.4 is 10.9 Å². The minimum atomic E-state index is -4.90. The number of nitrogens with zero attached hydrogens (tertiary/aromatic N) is 3. The molecule has 0 bridgehead atoms. The van der Waals surface area contributed by atoms with Crippen molar-refractivity contribution >= 4 is 10.0 Å². The maximum atomic E-state index is 13.4. The number of halogens is 3. The number of aromatic amines is 1. The standard InChI is InChI=1S/C16H21F3N6O2S/c17-16(18,19)12-8-5-10(4-1-9-2-6-11(20)7-3-9)13(14(12)28(21,26)27)15-22-24-25-23-15/h5,8-9,11H,1-4,6-7,20H2,(H2,21,26,27)(H,22,23,24,25). The predicted octanol–water partition coefficient (Wildman–Crippen LogP) is 1.98. The molecular formula is C16H21F3N6O2S. The molecule has 0 amide bonds. The van der Waals surface area contributed by atoms with Gasteiger partial charge in [-0.1, -0.05) is 6.07 Å². The van der Waals surface area contributed by atoms with E-state index in [0.717, 1.165) is 31.7 Å². The number of benzene rings is 1. The van der Waals surface area contributed by atoms with E-state index < -0.39 is 26.7 Å². The summed E-state index contributed by atoms with van der Waals surface area (Å²) < 4.78 is 64.5. The molecule has 0 aliphatic heterocycles. The molecule has 1 heterocycles. The number of H-pyrrole nitrogens is 1. The topological polar surface area (TPSA) is 141 Å². The van der Waals surface area contributed by atoms with Gasteiger partial charge in [0, 0.05) is 11.6 Å². The summed E-state index contributed by atoms with van der Waals surface area (Å²) in [5.41, 5.74) is 4.69. The summed E-state index contributed by atoms with van der Waals surface area (Å²) >= 11 is 0. The van der Waals surface area contributed by atoms with Gasteiger partial charge in [0.05, 0.1) is 5.56 Å². The summed E-state index contributed by atoms with van der Waals surface area (Å²) in [6.45, 7) is 0. The summed E-state index contributed by atoms with van der Waals surface area (Å²) in [4.78, 5) is -1.02. The van der Waals surface area contributed by atoms with E-state index in [1.165, 1.54) is 6.07 Å². The number of aromatic nitrogens is 4. The van der Waals surface area contributed by atoms with Crippen molar-refractivity contribution in [3.8, 4) is 11.4 Å². The zero-order chi connectivity index (χ0) is 20.5. The largest absolute Gasteiger partial charge is 0.417 e. The second-order valence-electron chi connectivity index (χ2n) is 7.07. The van der Waals surface area contributed by atoms with Crippen molar-refractivity contribution < 1.29 is 21.6 Å². The second kappa shape index (κ2) is 7.76. The minimum absolute atomic E-state index is 0.186. The molecule has 0 atom stereocenters. The summed E-state index contributed by atoms with van der Waals surface area (Å²) in [6.07, 6.45) is -0.186. The molecule has 5 N–H and O–H groups in total. The molecule has 3 rings (SSSR count). The van der Waals surface area contributed by atoms with Crippen LogP contribution in [0.4, 0.5) is 13.2 Å². The van der Waals surface area contributed by atoms with Crippen molar-refractivity contribution in [2.45, 2.75) is 55.6 Å². The maximum absolute atomic E-state index is 13.4. The predicted molar refractivity (Wildman–Crippen MR) is 94.2 cm³/mol. The van der Waals surface area contributed by atoms with E-state index in [0.29, 0.717) is 24.3 Å². The molecule has 0 spiro atoms. The molecule has 0 unspecified atom stereocenters. The van der Waals surface area contributed by atoms with Crippen molar-refractivity contribution in [2.24, 2.45) is 16.8 Å². The van der Waals surface area contributed by atoms with Gasteiger partial charge in [0.2, 0.25) is 15.8 Å². The zero-order valence-corrected chi connectivity index (χ0v) is 15.7. The number of nitrogens with two attached hydrogens (primary N) is 2. The molecule has 1 fully saturated rings. The van der Waals surface area contributed by atoms with Crippen LogP contribution in [0.2, 0.25) is 0 Å². The molecule has 0 saturated heterocycles. The average molecular weight is 418 g/mol. The van der Waals surface area contributed by atoms with Crippen LogP contribution in [-0.2, 0) is 22.6 Å². The van der Waals surface area contributed by atoms with Crippen LogP contribution in [-0.4, -0.2) is 35.1 Å². The Morgan fingerprint density at radius 1 is 1.18 bits per heavy atom. The van der Waals surface area contributed by atoms with Crippen molar-refractivity contribution in [3.63, 3.8) is 0 Å². The lowest BCUT2D eigenvalue weighted by molar-refractivity contribution is -0.139. The van der Waals surface area contributed by atoms with E-state index in [2.05, 4.69) is 20.6 Å². The van der Waals surface area contributed by atoms with Gasteiger partial charge in [-0.3, -0.25) is 0 Å². The van der Waals surface area contributed by atoms with E-state index >= 15 is 0 Å². The number of tetrazole rings is 1. The number of nitrogens with one attached hydrogen (secondary N) is 1. The molecule has 12 heteroatoms. The fourth-order valence-corrected chi connectivity index (χ4v) is 4.70. The quantitative estimate of drug-likeness (QED) is 0.678. The Kier molecular flexibility index (Phi) is 5.73. The Bertz CT molecular complexity index is 923. The van der Waals surface area contributed by atoms with Gasteiger partial charge >= 0.3 is 6.18 Å². The van der Waals surface area contributed by atoms with Gasteiger partial charge in [-0.2, -0.15) is 18.4 Å². The lowest BCUT2D eigenvalue weighted by atomic mass is 9.82. The minimum Gasteiger partial charge on any atom is -0.328 e. The zero-order valence-electron chi connectivity index (χ0n) is 14.9. The molecular weight excluding hydrogens is 397 g/mol. The highest BCUT2D eigenvalue weighted by atomic mass is 32.2. The van der Waals surface area contributed by atoms with E-state index in [1.54, 1.807) is 0 Å². The van der Waals surface area contributed by atoms with Crippen LogP contribution in [0.25, 0.3) is 11.4 Å². The van der Waals surface area contributed by atoms with Gasteiger partial charge in [0.15, 0.2) is 0 Å². The van der Waals surface area contributed by atoms with Gasteiger partial charge in [0.25, 0.3) is 0 Å². The Labute approximate surface area is 159 Å². The molecule has 1 saturated carbocycles. The number of hydrogen-bond acceptors (Lipinski definition) is 6. The van der Waals surface area contributed by atoms with Crippen LogP contribution in [0.5, 0.6) is 0 Å². The van der Waals surface area contributed by atoms with Crippen LogP contribution in [0.3, 0.4) is 0 Å². The van der Waals surface area contributed by atoms with Crippen LogP contribution in [0, 0.1) is 5.92 Å². The first kappa shape index (κ1) is 20.7. The highest BCUT2D eigenvalue weighted by molar-refractivity contribution is 7.89. The first-order valence-electron chi connectivity index (χ1n) is 8.82. The average Bonchev–Trinajstić information content (AvgIpc) is 3.13. The van der Waals surface area contributed by atoms with Crippen LogP contribution in [0.15, 0.2) is 17.0 Å². The third-order valence-electron chi connectivity index (χ3n) is 5.12. The number of rotatable bonds is 5. The number of aryl methyl sites for hydroxylation is 1. The Morgan fingerprint density at radius 2 is 1.86 bits per heavy atom. The monoisotopic (exact) mass is 418 g/mol. The van der Waals surface area contributed by atoms with Gasteiger partial charge in [-0.15, -0.1) is 10.2 Å². The fraction of sp³-hybridized carbons (Fsp3) is 0.562. The van der Waals surface area contributed by atoms with Crippen LogP contribution in [0.1, 0.15) is 43.2 Å². The maximum Gasteiger partial charge on any atom is 0.417 e. The molecule has 0 radical (unpaired) electrons. The normalized spacial score (nSPS) is 21.0. The van der Waals surface area contributed by atoms with Crippen molar-refractivity contribution in [2.75, 3.05) is 0 Å². The third-order valence-corrected chi connectivity index (χ3v) is 6.11. The number of sulfonamides is 1. The molecule has 1 aromatic heterocycles. The van der Waals surface area contributed by atoms with E-state index in [4.69, 9.17) is 10.9 Å². The Hall–Kier alpha value is -2.05. The number of primary sulfonamides is 1. The first-order valence-corrected chi connectivity index (χ1v) is 10.4. The summed E-state index contributed by atoms with van der Waals surface area (Å²) in [6, 6.07) is 2.19. The Morgan fingerprint density at radius 3 is 2.39 bits per heavy atom. The molecule has 154 valence electrons. The van der Waals surface area contributed by atoms with Gasteiger partial charge in [-0.05, 0) is 61.3 Å². The lowest BCUT2D eigenvalue weighted by Crippen LogP contribution is -2.26. The number of alkyl halides is 3. The second-order valence-corrected chi connectivity index (χ2v) is 8.57. The fourth-order valence-electron chi connectivity index (χ4n) is 3.70. The van der Waals surface area contributed by atoms with Crippen molar-refractivity contribution in [3.05, 3.63) is 23.3 Å². The summed E-state index contributed by atoms with van der Waals surface area (Å²) in [7, 11) is -4.70. The molecule has 2 aromatic rings. The lowest BCUT2D eigenvalue weighted by Gasteiger charge is -2.26. The van der Waals surface area contributed by atoms with Crippen molar-refractivity contribution in [1.29, 1.82) is 0 Å². The van der Waals surface area contributed by atoms with E-state index in [9.17, 15) is 21.6 Å². The van der Waals surface area contributed by atoms with E-state index in [1.807, 2.05) is 0 Å². The third kappa shape index (κ3) is 4.50. The molecule has 28 heavy (non-hydrogen) atoms. The first-order chi connectivity index (χ1) is 13.1. The molecule has 1 aromatic carbocycles. The molecule has 1 aliphatic carbocycles.